The van der Waals surface area contributed by atoms with Crippen LogP contribution >= 0.6 is 23.1 Å². The third-order valence-corrected chi connectivity index (χ3v) is 5.67. The Morgan fingerprint density at radius 1 is 1.11 bits per heavy atom. The minimum absolute atomic E-state index is 0.211. The molecule has 4 rings (SSSR count). The Bertz CT molecular complexity index is 1060. The molecular weight excluding hydrogens is 396 g/mol. The first-order valence-electron chi connectivity index (χ1n) is 8.46. The van der Waals surface area contributed by atoms with Crippen molar-refractivity contribution in [1.82, 2.24) is 25.0 Å². The van der Waals surface area contributed by atoms with Crippen molar-refractivity contribution in [3.8, 4) is 22.2 Å². The Kier molecular flexibility index (Phi) is 5.49. The van der Waals surface area contributed by atoms with Crippen LogP contribution in [0.15, 0.2) is 57.4 Å². The molecule has 8 nitrogen and oxygen atoms in total. The van der Waals surface area contributed by atoms with Crippen molar-refractivity contribution >= 4 is 29.0 Å². The molecule has 0 spiro atoms. The summed E-state index contributed by atoms with van der Waals surface area (Å²) in [7, 11) is 0. The summed E-state index contributed by atoms with van der Waals surface area (Å²) in [6.45, 7) is 0.414. The maximum atomic E-state index is 11.3. The second-order valence-corrected chi connectivity index (χ2v) is 7.70. The normalized spacial score (nSPS) is 11.0. The van der Waals surface area contributed by atoms with Gasteiger partial charge in [0.25, 0.3) is 0 Å². The molecule has 1 aromatic carbocycles. The maximum Gasteiger partial charge on any atom is 0.247 e. The Balaban J connectivity index is 1.52. The van der Waals surface area contributed by atoms with E-state index in [0.29, 0.717) is 35.1 Å². The lowest BCUT2D eigenvalue weighted by molar-refractivity contribution is -0.118. The Morgan fingerprint density at radius 2 is 1.96 bits per heavy atom. The van der Waals surface area contributed by atoms with Gasteiger partial charge in [-0.05, 0) is 23.6 Å². The van der Waals surface area contributed by atoms with E-state index < -0.39 is 0 Å². The zero-order valence-corrected chi connectivity index (χ0v) is 16.3. The van der Waals surface area contributed by atoms with Crippen molar-refractivity contribution in [1.29, 1.82) is 0 Å². The highest BCUT2D eigenvalue weighted by atomic mass is 32.2. The second-order valence-electron chi connectivity index (χ2n) is 5.81. The van der Waals surface area contributed by atoms with Gasteiger partial charge in [-0.3, -0.25) is 4.79 Å². The monoisotopic (exact) mass is 412 g/mol. The Labute approximate surface area is 168 Å². The van der Waals surface area contributed by atoms with Crippen molar-refractivity contribution in [3.63, 3.8) is 0 Å². The standard InChI is InChI=1S/C18H16N6O2S2/c19-14(25)8-9-24-16(13-7-4-10-27-13)21-23-18(24)28-11-15-20-22-17(26-15)12-5-2-1-3-6-12/h1-7,10H,8-9,11H2,(H2,19,25). The molecule has 142 valence electrons. The van der Waals surface area contributed by atoms with E-state index in [1.807, 2.05) is 52.4 Å². The number of rotatable bonds is 8. The van der Waals surface area contributed by atoms with E-state index in [-0.39, 0.29) is 12.3 Å². The molecule has 0 bridgehead atoms. The molecule has 0 aliphatic heterocycles. The van der Waals surface area contributed by atoms with Crippen molar-refractivity contribution in [2.45, 2.75) is 23.9 Å². The fourth-order valence-electron chi connectivity index (χ4n) is 2.54. The average molecular weight is 413 g/mol. The van der Waals surface area contributed by atoms with Gasteiger partial charge in [0, 0.05) is 18.5 Å². The number of hydrogen-bond acceptors (Lipinski definition) is 8. The van der Waals surface area contributed by atoms with Crippen molar-refractivity contribution in [3.05, 3.63) is 53.7 Å². The molecule has 0 fully saturated rings. The van der Waals surface area contributed by atoms with Crippen LogP contribution in [-0.4, -0.2) is 30.9 Å². The van der Waals surface area contributed by atoms with Crippen LogP contribution in [-0.2, 0) is 17.1 Å². The van der Waals surface area contributed by atoms with Crippen LogP contribution in [0, 0.1) is 0 Å². The molecule has 1 amide bonds. The van der Waals surface area contributed by atoms with Crippen LogP contribution in [0.1, 0.15) is 12.3 Å². The number of amides is 1. The summed E-state index contributed by atoms with van der Waals surface area (Å²) in [5, 5.41) is 19.4. The highest BCUT2D eigenvalue weighted by Gasteiger charge is 2.17. The van der Waals surface area contributed by atoms with Gasteiger partial charge in [-0.15, -0.1) is 31.7 Å². The zero-order valence-electron chi connectivity index (χ0n) is 14.7. The van der Waals surface area contributed by atoms with E-state index in [1.165, 1.54) is 11.8 Å². The Morgan fingerprint density at radius 3 is 2.71 bits per heavy atom. The molecule has 3 aromatic heterocycles. The molecule has 0 unspecified atom stereocenters. The minimum atomic E-state index is -0.369. The van der Waals surface area contributed by atoms with Crippen LogP contribution < -0.4 is 5.73 Å². The minimum Gasteiger partial charge on any atom is -0.420 e. The lowest BCUT2D eigenvalue weighted by atomic mass is 10.2. The SMILES string of the molecule is NC(=O)CCn1c(SCc2nnc(-c3ccccc3)o2)nnc1-c1cccs1. The molecule has 0 saturated heterocycles. The molecular formula is C18H16N6O2S2. The van der Waals surface area contributed by atoms with Crippen LogP contribution in [0.5, 0.6) is 0 Å². The highest BCUT2D eigenvalue weighted by Crippen LogP contribution is 2.29. The number of nitrogens with zero attached hydrogens (tertiary/aromatic N) is 5. The van der Waals surface area contributed by atoms with Gasteiger partial charge in [0.05, 0.1) is 10.6 Å². The largest absolute Gasteiger partial charge is 0.420 e. The average Bonchev–Trinajstić information content (AvgIpc) is 3.45. The van der Waals surface area contributed by atoms with Crippen LogP contribution in [0.25, 0.3) is 22.2 Å². The lowest BCUT2D eigenvalue weighted by Gasteiger charge is -2.07. The van der Waals surface area contributed by atoms with Gasteiger partial charge in [-0.1, -0.05) is 36.0 Å². The number of thioether (sulfide) groups is 1. The molecule has 2 N–H and O–H groups in total. The number of benzene rings is 1. The third-order valence-electron chi connectivity index (χ3n) is 3.85. The van der Waals surface area contributed by atoms with E-state index in [2.05, 4.69) is 20.4 Å². The number of primary amides is 1. The zero-order chi connectivity index (χ0) is 19.3. The number of hydrogen-bond donors (Lipinski definition) is 1. The molecule has 0 aliphatic carbocycles. The maximum absolute atomic E-state index is 11.3. The summed E-state index contributed by atoms with van der Waals surface area (Å²) in [4.78, 5) is 12.2. The van der Waals surface area contributed by atoms with Crippen molar-refractivity contribution in [2.75, 3.05) is 0 Å². The molecule has 0 saturated carbocycles. The number of aromatic nitrogens is 5. The van der Waals surface area contributed by atoms with E-state index in [9.17, 15) is 4.79 Å². The second kappa shape index (κ2) is 8.36. The van der Waals surface area contributed by atoms with E-state index in [1.54, 1.807) is 11.3 Å². The first-order valence-corrected chi connectivity index (χ1v) is 10.3. The topological polar surface area (TPSA) is 113 Å². The number of thiophene rings is 1. The Hall–Kier alpha value is -2.98. The molecule has 0 radical (unpaired) electrons. The summed E-state index contributed by atoms with van der Waals surface area (Å²) < 4.78 is 7.63. The van der Waals surface area contributed by atoms with Gasteiger partial charge in [0.1, 0.15) is 0 Å². The van der Waals surface area contributed by atoms with Gasteiger partial charge in [-0.2, -0.15) is 0 Å². The number of carbonyl (C=O) groups excluding carboxylic acids is 1. The van der Waals surface area contributed by atoms with E-state index >= 15 is 0 Å². The first kappa shape index (κ1) is 18.4. The molecule has 0 atom stereocenters. The van der Waals surface area contributed by atoms with Gasteiger partial charge in [0.15, 0.2) is 11.0 Å². The molecule has 10 heteroatoms. The highest BCUT2D eigenvalue weighted by molar-refractivity contribution is 7.98. The predicted octanol–water partition coefficient (Wildman–Crippen LogP) is 3.22. The van der Waals surface area contributed by atoms with Crippen molar-refractivity contribution < 1.29 is 9.21 Å². The smallest absolute Gasteiger partial charge is 0.247 e. The molecule has 0 aliphatic rings. The molecule has 28 heavy (non-hydrogen) atoms. The fourth-order valence-corrected chi connectivity index (χ4v) is 4.06. The van der Waals surface area contributed by atoms with Crippen LogP contribution in [0.4, 0.5) is 0 Å². The summed E-state index contributed by atoms with van der Waals surface area (Å²) in [5.41, 5.74) is 6.19. The molecule has 3 heterocycles. The number of nitrogens with two attached hydrogens (primary N) is 1. The quantitative estimate of drug-likeness (QED) is 0.442. The van der Waals surface area contributed by atoms with E-state index in [4.69, 9.17) is 10.2 Å². The lowest BCUT2D eigenvalue weighted by Crippen LogP contribution is -2.14. The first-order chi connectivity index (χ1) is 13.7. The van der Waals surface area contributed by atoms with Crippen LogP contribution in [0.2, 0.25) is 0 Å². The van der Waals surface area contributed by atoms with Gasteiger partial charge < -0.3 is 14.7 Å². The predicted molar refractivity (Wildman–Crippen MR) is 106 cm³/mol. The van der Waals surface area contributed by atoms with Gasteiger partial charge in [-0.25, -0.2) is 0 Å². The summed E-state index contributed by atoms with van der Waals surface area (Å²) in [6, 6.07) is 13.5. The van der Waals surface area contributed by atoms with Gasteiger partial charge >= 0.3 is 0 Å². The third kappa shape index (κ3) is 4.12. The summed E-state index contributed by atoms with van der Waals surface area (Å²) in [5.74, 6) is 1.76. The fraction of sp³-hybridized carbons (Fsp3) is 0.167. The van der Waals surface area contributed by atoms with E-state index in [0.717, 1.165) is 10.4 Å². The summed E-state index contributed by atoms with van der Waals surface area (Å²) >= 11 is 2.99. The van der Waals surface area contributed by atoms with Crippen LogP contribution in [0.3, 0.4) is 0 Å². The molecule has 4 aromatic rings. The van der Waals surface area contributed by atoms with Gasteiger partial charge in [0.2, 0.25) is 17.7 Å². The number of carbonyl (C=O) groups is 1. The summed E-state index contributed by atoms with van der Waals surface area (Å²) in [6.07, 6.45) is 0.211. The van der Waals surface area contributed by atoms with Crippen molar-refractivity contribution in [2.24, 2.45) is 5.73 Å².